The molecule has 0 spiro atoms. The van der Waals surface area contributed by atoms with Crippen molar-refractivity contribution in [1.82, 2.24) is 21.5 Å². The van der Waals surface area contributed by atoms with Gasteiger partial charge in [0.15, 0.2) is 10.2 Å². The topological polar surface area (TPSA) is 57.3 Å². The zero-order chi connectivity index (χ0) is 11.8. The first-order valence-electron chi connectivity index (χ1n) is 5.41. The van der Waals surface area contributed by atoms with Crippen LogP contribution < -0.4 is 21.5 Å². The van der Waals surface area contributed by atoms with Crippen molar-refractivity contribution in [3.05, 3.63) is 0 Å². The van der Waals surface area contributed by atoms with Crippen LogP contribution >= 0.6 is 24.4 Å². The van der Waals surface area contributed by atoms with Crippen LogP contribution in [0.1, 0.15) is 19.8 Å². The van der Waals surface area contributed by atoms with Gasteiger partial charge < -0.3 is 15.4 Å². The Morgan fingerprint density at radius 1 is 1.25 bits per heavy atom. The van der Waals surface area contributed by atoms with Gasteiger partial charge in [-0.05, 0) is 44.2 Å². The van der Waals surface area contributed by atoms with Crippen molar-refractivity contribution in [2.24, 2.45) is 0 Å². The van der Waals surface area contributed by atoms with Crippen molar-refractivity contribution in [3.8, 4) is 0 Å². The Bertz CT molecular complexity index is 244. The molecule has 1 rings (SSSR count). The molecule has 0 aromatic carbocycles. The van der Waals surface area contributed by atoms with Crippen LogP contribution in [0.4, 0.5) is 0 Å². The van der Waals surface area contributed by atoms with Crippen LogP contribution in [-0.4, -0.2) is 36.0 Å². The molecule has 1 atom stereocenters. The predicted octanol–water partition coefficient (Wildman–Crippen LogP) is 0.0285. The number of hydrazine groups is 1. The Balaban J connectivity index is 2.04. The number of thiocarbonyl (C=S) groups is 2. The van der Waals surface area contributed by atoms with E-state index in [0.717, 1.165) is 32.5 Å². The lowest BCUT2D eigenvalue weighted by Gasteiger charge is -2.15. The van der Waals surface area contributed by atoms with E-state index in [-0.39, 0.29) is 6.10 Å². The second-order valence-corrected chi connectivity index (χ2v) is 4.27. The summed E-state index contributed by atoms with van der Waals surface area (Å²) < 4.78 is 5.46. The average molecular weight is 262 g/mol. The minimum Gasteiger partial charge on any atom is -0.376 e. The molecule has 1 heterocycles. The first-order chi connectivity index (χ1) is 7.72. The number of nitrogens with one attached hydrogen (secondary N) is 4. The van der Waals surface area contributed by atoms with E-state index < -0.39 is 0 Å². The van der Waals surface area contributed by atoms with Gasteiger partial charge in [-0.1, -0.05) is 0 Å². The molecule has 92 valence electrons. The second kappa shape index (κ2) is 7.59. The molecule has 7 heteroatoms. The summed E-state index contributed by atoms with van der Waals surface area (Å²) in [6.07, 6.45) is 2.51. The van der Waals surface area contributed by atoms with Gasteiger partial charge in [0.1, 0.15) is 0 Å². The zero-order valence-electron chi connectivity index (χ0n) is 9.34. The third-order valence-electron chi connectivity index (χ3n) is 2.14. The van der Waals surface area contributed by atoms with Crippen molar-refractivity contribution >= 4 is 34.7 Å². The van der Waals surface area contributed by atoms with Crippen LogP contribution in [-0.2, 0) is 4.74 Å². The minimum atomic E-state index is 0.278. The van der Waals surface area contributed by atoms with Gasteiger partial charge in [-0.3, -0.25) is 10.9 Å². The molecule has 0 unspecified atom stereocenters. The molecule has 0 saturated carbocycles. The molecular formula is C9H18N4OS2. The molecule has 1 aliphatic rings. The van der Waals surface area contributed by atoms with Crippen LogP contribution in [0.3, 0.4) is 0 Å². The van der Waals surface area contributed by atoms with Crippen molar-refractivity contribution in [2.75, 3.05) is 19.7 Å². The molecule has 1 saturated heterocycles. The maximum atomic E-state index is 5.46. The molecule has 1 aliphatic heterocycles. The lowest BCUT2D eigenvalue weighted by Crippen LogP contribution is -2.51. The number of rotatable bonds is 3. The molecule has 0 radical (unpaired) electrons. The maximum absolute atomic E-state index is 5.46. The fraction of sp³-hybridized carbons (Fsp3) is 0.778. The fourth-order valence-electron chi connectivity index (χ4n) is 1.37. The second-order valence-electron chi connectivity index (χ2n) is 3.45. The Hall–Kier alpha value is -0.660. The quantitative estimate of drug-likeness (QED) is 0.423. The SMILES string of the molecule is CCNC(=S)NNC(=S)NC[C@H]1CCCO1. The van der Waals surface area contributed by atoms with E-state index in [0.29, 0.717) is 10.2 Å². The molecule has 1 fully saturated rings. The van der Waals surface area contributed by atoms with Gasteiger partial charge in [0.25, 0.3) is 0 Å². The number of hydrogen-bond acceptors (Lipinski definition) is 3. The summed E-state index contributed by atoms with van der Waals surface area (Å²) in [6, 6.07) is 0. The molecule has 0 aromatic rings. The van der Waals surface area contributed by atoms with E-state index in [9.17, 15) is 0 Å². The number of hydrogen-bond donors (Lipinski definition) is 4. The molecular weight excluding hydrogens is 244 g/mol. The van der Waals surface area contributed by atoms with Gasteiger partial charge >= 0.3 is 0 Å². The molecule has 4 N–H and O–H groups in total. The number of ether oxygens (including phenoxy) is 1. The van der Waals surface area contributed by atoms with Crippen LogP contribution in [0.2, 0.25) is 0 Å². The highest BCUT2D eigenvalue weighted by Gasteiger charge is 2.15. The first-order valence-corrected chi connectivity index (χ1v) is 6.23. The van der Waals surface area contributed by atoms with E-state index >= 15 is 0 Å². The fourth-order valence-corrected chi connectivity index (χ4v) is 1.70. The monoisotopic (exact) mass is 262 g/mol. The lowest BCUT2D eigenvalue weighted by molar-refractivity contribution is 0.114. The smallest absolute Gasteiger partial charge is 0.185 e. The zero-order valence-corrected chi connectivity index (χ0v) is 11.0. The first kappa shape index (κ1) is 13.4. The van der Waals surface area contributed by atoms with E-state index in [2.05, 4.69) is 21.5 Å². The molecule has 0 bridgehead atoms. The Morgan fingerprint density at radius 2 is 1.94 bits per heavy atom. The maximum Gasteiger partial charge on any atom is 0.185 e. The summed E-state index contributed by atoms with van der Waals surface area (Å²) in [4.78, 5) is 0. The standard InChI is InChI=1S/C9H18N4OS2/c1-2-10-8(15)12-13-9(16)11-6-7-4-3-5-14-7/h7H,2-6H2,1H3,(H2,10,12,15)(H2,11,13,16)/t7-/m1/s1. The van der Waals surface area contributed by atoms with Crippen LogP contribution in [0.5, 0.6) is 0 Å². The van der Waals surface area contributed by atoms with Crippen LogP contribution in [0.25, 0.3) is 0 Å². The molecule has 0 aromatic heterocycles. The van der Waals surface area contributed by atoms with Crippen molar-refractivity contribution < 1.29 is 4.74 Å². The largest absolute Gasteiger partial charge is 0.376 e. The van der Waals surface area contributed by atoms with Crippen molar-refractivity contribution in [2.45, 2.75) is 25.9 Å². The highest BCUT2D eigenvalue weighted by atomic mass is 32.1. The van der Waals surface area contributed by atoms with Gasteiger partial charge in [-0.2, -0.15) is 0 Å². The van der Waals surface area contributed by atoms with E-state index in [1.165, 1.54) is 0 Å². The highest BCUT2D eigenvalue weighted by Crippen LogP contribution is 2.10. The normalized spacial score (nSPS) is 18.9. The summed E-state index contributed by atoms with van der Waals surface area (Å²) in [6.45, 7) is 4.35. The van der Waals surface area contributed by atoms with Crippen LogP contribution in [0, 0.1) is 0 Å². The van der Waals surface area contributed by atoms with Gasteiger partial charge in [-0.25, -0.2) is 0 Å². The van der Waals surface area contributed by atoms with Crippen LogP contribution in [0.15, 0.2) is 0 Å². The third-order valence-corrected chi connectivity index (χ3v) is 2.63. The van der Waals surface area contributed by atoms with Gasteiger partial charge in [-0.15, -0.1) is 0 Å². The molecule has 5 nitrogen and oxygen atoms in total. The van der Waals surface area contributed by atoms with E-state index in [1.807, 2.05) is 6.92 Å². The average Bonchev–Trinajstić information content (AvgIpc) is 2.77. The van der Waals surface area contributed by atoms with Gasteiger partial charge in [0.05, 0.1) is 6.10 Å². The van der Waals surface area contributed by atoms with E-state index in [4.69, 9.17) is 29.2 Å². The molecule has 0 aliphatic carbocycles. The Kier molecular flexibility index (Phi) is 6.36. The Labute approximate surface area is 107 Å². The van der Waals surface area contributed by atoms with Crippen molar-refractivity contribution in [1.29, 1.82) is 0 Å². The highest BCUT2D eigenvalue weighted by molar-refractivity contribution is 7.80. The summed E-state index contributed by atoms with van der Waals surface area (Å²) in [5.74, 6) is 0. The third kappa shape index (κ3) is 5.43. The summed E-state index contributed by atoms with van der Waals surface area (Å²) in [7, 11) is 0. The summed E-state index contributed by atoms with van der Waals surface area (Å²) >= 11 is 10.0. The summed E-state index contributed by atoms with van der Waals surface area (Å²) in [5, 5.41) is 7.07. The predicted molar refractivity (Wildman–Crippen MR) is 72.1 cm³/mol. The molecule has 0 amide bonds. The van der Waals surface area contributed by atoms with Gasteiger partial charge in [0, 0.05) is 19.7 Å². The lowest BCUT2D eigenvalue weighted by atomic mass is 10.2. The molecule has 16 heavy (non-hydrogen) atoms. The van der Waals surface area contributed by atoms with E-state index in [1.54, 1.807) is 0 Å². The summed E-state index contributed by atoms with van der Waals surface area (Å²) in [5.41, 5.74) is 5.59. The van der Waals surface area contributed by atoms with Crippen molar-refractivity contribution in [3.63, 3.8) is 0 Å². The van der Waals surface area contributed by atoms with Gasteiger partial charge in [0.2, 0.25) is 0 Å². The Morgan fingerprint density at radius 3 is 2.50 bits per heavy atom. The minimum absolute atomic E-state index is 0.278.